The highest BCUT2D eigenvalue weighted by molar-refractivity contribution is 5.89. The van der Waals surface area contributed by atoms with Crippen molar-refractivity contribution in [3.8, 4) is 0 Å². The summed E-state index contributed by atoms with van der Waals surface area (Å²) in [6.07, 6.45) is -11.5. The summed E-state index contributed by atoms with van der Waals surface area (Å²) in [5.74, 6) is -4.85. The van der Waals surface area contributed by atoms with E-state index in [0.29, 0.717) is 11.1 Å². The van der Waals surface area contributed by atoms with E-state index in [1.54, 1.807) is 97.0 Å². The van der Waals surface area contributed by atoms with Crippen molar-refractivity contribution in [1.82, 2.24) is 5.32 Å². The van der Waals surface area contributed by atoms with Gasteiger partial charge in [-0.05, 0) is 56.5 Å². The summed E-state index contributed by atoms with van der Waals surface area (Å²) in [7, 11) is 1.36. The molecule has 0 radical (unpaired) electrons. The van der Waals surface area contributed by atoms with Crippen molar-refractivity contribution in [1.29, 1.82) is 0 Å². The molecule has 62 heavy (non-hydrogen) atoms. The van der Waals surface area contributed by atoms with Gasteiger partial charge in [0.25, 0.3) is 0 Å². The lowest BCUT2D eigenvalue weighted by Crippen LogP contribution is -2.82. The number of carbonyl (C=O) groups excluding carboxylic acids is 5. The largest absolute Gasteiger partial charge is 0.456 e. The van der Waals surface area contributed by atoms with Gasteiger partial charge in [0.15, 0.2) is 17.8 Å². The molecule has 1 saturated heterocycles. The van der Waals surface area contributed by atoms with Crippen LogP contribution in [0.3, 0.4) is 0 Å². The van der Waals surface area contributed by atoms with Crippen LogP contribution in [0.1, 0.15) is 97.1 Å². The summed E-state index contributed by atoms with van der Waals surface area (Å²) < 4.78 is 42.7. The third kappa shape index (κ3) is 8.11. The number of ether oxygens (including phenoxy) is 7. The molecular formula is C46H59NO15. The number of benzene rings is 2. The summed E-state index contributed by atoms with van der Waals surface area (Å²) >= 11 is 0. The lowest BCUT2D eigenvalue weighted by Gasteiger charge is -2.69. The highest BCUT2D eigenvalue weighted by atomic mass is 16.6. The van der Waals surface area contributed by atoms with Crippen molar-refractivity contribution >= 4 is 30.0 Å². The van der Waals surface area contributed by atoms with Crippen LogP contribution in [-0.2, 0) is 47.5 Å². The molecule has 0 aromatic heterocycles. The summed E-state index contributed by atoms with van der Waals surface area (Å²) in [6, 6.07) is 14.9. The first-order valence-electron chi connectivity index (χ1n) is 20.7. The molecule has 338 valence electrons. The zero-order valence-electron chi connectivity index (χ0n) is 36.8. The molecule has 0 unspecified atom stereocenters. The molecule has 0 spiro atoms. The minimum atomic E-state index is -2.30. The van der Waals surface area contributed by atoms with Gasteiger partial charge >= 0.3 is 30.0 Å². The van der Waals surface area contributed by atoms with Gasteiger partial charge in [0.2, 0.25) is 0 Å². The normalized spacial score (nSPS) is 33.3. The van der Waals surface area contributed by atoms with E-state index in [0.717, 1.165) is 0 Å². The van der Waals surface area contributed by atoms with Gasteiger partial charge in [0.1, 0.15) is 35.6 Å². The standard InChI is InChI=1S/C46H59NO15/c1-24-29(59-40(53)34(51)33(27-17-13-11-14-18-27)47-41(54)62-42(4,5)6)22-46(55)38(60-39(52)28-19-15-12-16-20-28)36-44(9,30(50)21-31-45(36,23-57-31)61-26(3)49)37(56-10)35(58-25(2)48)32(24)43(46,7)8/h11-20,29-31,33-38,50-51,55H,21-23H2,1-10H3,(H,47,54)/t29-,30-,31+,33-,34+,35+,36-,37-,38-,44+,45-,46+/m0/s1. The molecule has 6 rings (SSSR count). The third-order valence-corrected chi connectivity index (χ3v) is 13.3. The number of fused-ring (bicyclic) bond motifs is 5. The van der Waals surface area contributed by atoms with E-state index < -0.39 is 119 Å². The Labute approximate surface area is 361 Å². The van der Waals surface area contributed by atoms with Gasteiger partial charge in [0, 0.05) is 44.6 Å². The molecule has 2 aromatic rings. The molecule has 4 N–H and O–H groups in total. The Kier molecular flexibility index (Phi) is 12.8. The number of aliphatic hydroxyl groups is 3. The Balaban J connectivity index is 1.56. The molecule has 3 aliphatic carbocycles. The van der Waals surface area contributed by atoms with Crippen molar-refractivity contribution in [2.45, 2.75) is 141 Å². The lowest BCUT2D eigenvalue weighted by molar-refractivity contribution is -0.366. The van der Waals surface area contributed by atoms with E-state index in [1.807, 2.05) is 0 Å². The summed E-state index contributed by atoms with van der Waals surface area (Å²) in [5.41, 5.74) is -7.00. The summed E-state index contributed by atoms with van der Waals surface area (Å²) in [4.78, 5) is 68.0. The van der Waals surface area contributed by atoms with E-state index >= 15 is 0 Å². The highest BCUT2D eigenvalue weighted by Gasteiger charge is 2.78. The van der Waals surface area contributed by atoms with Gasteiger partial charge in [0.05, 0.1) is 30.2 Å². The van der Waals surface area contributed by atoms with Crippen molar-refractivity contribution < 1.29 is 72.5 Å². The molecule has 1 heterocycles. The van der Waals surface area contributed by atoms with Gasteiger partial charge in [-0.3, -0.25) is 9.59 Å². The molecule has 2 bridgehead atoms. The number of nitrogens with one attached hydrogen (secondary N) is 1. The number of hydrogen-bond acceptors (Lipinski definition) is 15. The Morgan fingerprint density at radius 2 is 1.50 bits per heavy atom. The fraction of sp³-hybridized carbons (Fsp3) is 0.587. The zero-order valence-corrected chi connectivity index (χ0v) is 36.8. The van der Waals surface area contributed by atoms with Crippen molar-refractivity contribution in [3.63, 3.8) is 0 Å². The van der Waals surface area contributed by atoms with Crippen LogP contribution in [0, 0.1) is 16.7 Å². The van der Waals surface area contributed by atoms with Crippen LogP contribution < -0.4 is 5.32 Å². The van der Waals surface area contributed by atoms with Crippen LogP contribution in [0.5, 0.6) is 0 Å². The maximum absolute atomic E-state index is 14.4. The maximum atomic E-state index is 14.4. The van der Waals surface area contributed by atoms with E-state index in [9.17, 15) is 39.3 Å². The van der Waals surface area contributed by atoms with Crippen molar-refractivity contribution in [2.75, 3.05) is 13.7 Å². The fourth-order valence-electron chi connectivity index (χ4n) is 10.4. The predicted octanol–water partition coefficient (Wildman–Crippen LogP) is 4.28. The third-order valence-electron chi connectivity index (χ3n) is 13.3. The Morgan fingerprint density at radius 1 is 0.887 bits per heavy atom. The fourth-order valence-corrected chi connectivity index (χ4v) is 10.4. The topological polar surface area (TPSA) is 223 Å². The smallest absolute Gasteiger partial charge is 0.408 e. The number of esters is 4. The SMILES string of the molecule is CO[C@H]1[C@H](OC(C)=O)C2=C(C)[C@@H](OC(=O)[C@H](O)[C@@H](NC(=O)OC(C)(C)C)c3ccccc3)C[C@@](O)([C@@H](OC(=O)c3ccccc3)[C@@H]3[C@]4(OC(C)=O)CO[C@@H]4C[C@H](O)[C@]31C)C2(C)C. The summed E-state index contributed by atoms with van der Waals surface area (Å²) in [6.45, 7) is 13.8. The number of amides is 1. The Bertz CT molecular complexity index is 2070. The van der Waals surface area contributed by atoms with E-state index in [4.69, 9.17) is 33.2 Å². The van der Waals surface area contributed by atoms with Gasteiger partial charge in [-0.15, -0.1) is 0 Å². The van der Waals surface area contributed by atoms with Crippen molar-refractivity contribution in [2.24, 2.45) is 16.7 Å². The van der Waals surface area contributed by atoms with Gasteiger partial charge < -0.3 is 53.8 Å². The Morgan fingerprint density at radius 3 is 2.03 bits per heavy atom. The maximum Gasteiger partial charge on any atom is 0.408 e. The number of rotatable bonds is 10. The van der Waals surface area contributed by atoms with Gasteiger partial charge in [-0.25, -0.2) is 14.4 Å². The minimum absolute atomic E-state index is 0.0653. The van der Waals surface area contributed by atoms with Crippen LogP contribution in [0.15, 0.2) is 71.8 Å². The molecule has 1 aliphatic heterocycles. The van der Waals surface area contributed by atoms with Crippen LogP contribution in [-0.4, -0.2) is 119 Å². The number of methoxy groups -OCH3 is 1. The zero-order chi connectivity index (χ0) is 45.7. The van der Waals surface area contributed by atoms with E-state index in [-0.39, 0.29) is 24.2 Å². The number of hydrogen-bond donors (Lipinski definition) is 4. The minimum Gasteiger partial charge on any atom is -0.456 e. The number of carbonyl (C=O) groups is 5. The van der Waals surface area contributed by atoms with Crippen LogP contribution in [0.25, 0.3) is 0 Å². The molecule has 1 amide bonds. The first-order valence-corrected chi connectivity index (χ1v) is 20.7. The van der Waals surface area contributed by atoms with E-state index in [2.05, 4.69) is 5.32 Å². The van der Waals surface area contributed by atoms with Crippen LogP contribution >= 0.6 is 0 Å². The molecule has 16 nitrogen and oxygen atoms in total. The molecular weight excluding hydrogens is 806 g/mol. The number of aliphatic hydroxyl groups excluding tert-OH is 2. The van der Waals surface area contributed by atoms with Crippen molar-refractivity contribution in [3.05, 3.63) is 82.9 Å². The lowest BCUT2D eigenvalue weighted by atomic mass is 9.44. The number of alkyl carbamates (subject to hydrolysis) is 1. The monoisotopic (exact) mass is 865 g/mol. The second-order valence-electron chi connectivity index (χ2n) is 18.6. The van der Waals surface area contributed by atoms with Crippen LogP contribution in [0.4, 0.5) is 4.79 Å². The van der Waals surface area contributed by atoms with E-state index in [1.165, 1.54) is 33.1 Å². The molecule has 2 aromatic carbocycles. The first-order chi connectivity index (χ1) is 28.9. The molecule has 4 aliphatic rings. The average Bonchev–Trinajstić information content (AvgIpc) is 3.18. The second kappa shape index (κ2) is 17.0. The predicted molar refractivity (Wildman–Crippen MR) is 219 cm³/mol. The Hall–Kier alpha value is -4.87. The molecule has 16 heteroatoms. The van der Waals surface area contributed by atoms with Crippen LogP contribution in [0.2, 0.25) is 0 Å². The quantitative estimate of drug-likeness (QED) is 0.149. The van der Waals surface area contributed by atoms with Gasteiger partial charge in [-0.1, -0.05) is 69.3 Å². The first kappa shape index (κ1) is 46.6. The molecule has 2 saturated carbocycles. The average molecular weight is 866 g/mol. The summed E-state index contributed by atoms with van der Waals surface area (Å²) in [5, 5.41) is 40.4. The molecule has 12 atom stereocenters. The molecule has 3 fully saturated rings. The highest BCUT2D eigenvalue weighted by Crippen LogP contribution is 2.65. The van der Waals surface area contributed by atoms with Gasteiger partial charge in [-0.2, -0.15) is 0 Å². The second-order valence-corrected chi connectivity index (χ2v) is 18.6.